The Labute approximate surface area is 77.8 Å². The molecular formula is C7H6BrN4. The lowest BCUT2D eigenvalue weighted by Gasteiger charge is -1.94. The van der Waals surface area contributed by atoms with Crippen LogP contribution in [0.5, 0.6) is 0 Å². The lowest BCUT2D eigenvalue weighted by atomic mass is 10.4. The summed E-state index contributed by atoms with van der Waals surface area (Å²) < 4.78 is 2.39. The minimum absolute atomic E-state index is 0.766. The minimum Gasteiger partial charge on any atom is -0.212 e. The molecule has 1 radical (unpaired) electrons. The first-order valence-electron chi connectivity index (χ1n) is 3.59. The Hall–Kier alpha value is -0.970. The molecule has 2 aromatic heterocycles. The number of halogens is 1. The summed E-state index contributed by atoms with van der Waals surface area (Å²) in [5, 5.41) is 3.98. The van der Waals surface area contributed by atoms with E-state index in [2.05, 4.69) is 37.3 Å². The molecule has 0 aliphatic carbocycles. The van der Waals surface area contributed by atoms with E-state index in [1.807, 2.05) is 6.92 Å². The average Bonchev–Trinajstić information content (AvgIpc) is 2.47. The summed E-state index contributed by atoms with van der Waals surface area (Å²) in [7, 11) is 0. The Morgan fingerprint density at radius 1 is 1.67 bits per heavy atom. The van der Waals surface area contributed by atoms with Crippen molar-refractivity contribution in [2.24, 2.45) is 0 Å². The van der Waals surface area contributed by atoms with Gasteiger partial charge >= 0.3 is 0 Å². The van der Waals surface area contributed by atoms with Gasteiger partial charge in [-0.15, -0.1) is 0 Å². The maximum atomic E-state index is 4.26. The van der Waals surface area contributed by atoms with Gasteiger partial charge < -0.3 is 0 Å². The average molecular weight is 226 g/mol. The SMILES string of the molecule is CCc1n[c]n2ncc(Br)c2n1. The van der Waals surface area contributed by atoms with Crippen LogP contribution >= 0.6 is 15.9 Å². The summed E-state index contributed by atoms with van der Waals surface area (Å²) in [6, 6.07) is 0. The van der Waals surface area contributed by atoms with Gasteiger partial charge in [-0.2, -0.15) is 9.61 Å². The smallest absolute Gasteiger partial charge is 0.202 e. The molecule has 2 aromatic rings. The Kier molecular flexibility index (Phi) is 1.80. The van der Waals surface area contributed by atoms with Gasteiger partial charge in [-0.3, -0.25) is 0 Å². The van der Waals surface area contributed by atoms with E-state index < -0.39 is 0 Å². The van der Waals surface area contributed by atoms with Gasteiger partial charge in [0.2, 0.25) is 6.33 Å². The fourth-order valence-corrected chi connectivity index (χ4v) is 1.25. The second-order valence-corrected chi connectivity index (χ2v) is 3.18. The first-order chi connectivity index (χ1) is 5.81. The zero-order chi connectivity index (χ0) is 8.55. The molecule has 4 nitrogen and oxygen atoms in total. The van der Waals surface area contributed by atoms with Crippen molar-refractivity contribution in [1.29, 1.82) is 0 Å². The standard InChI is InChI=1S/C7H6BrN4/c1-2-6-9-4-12-7(11-6)5(8)3-10-12/h3H,2H2,1H3. The lowest BCUT2D eigenvalue weighted by molar-refractivity contribution is 0.830. The molecule has 0 unspecified atom stereocenters. The molecule has 0 saturated heterocycles. The zero-order valence-electron chi connectivity index (χ0n) is 6.45. The quantitative estimate of drug-likeness (QED) is 0.734. The normalized spacial score (nSPS) is 10.8. The van der Waals surface area contributed by atoms with Gasteiger partial charge in [-0.1, -0.05) is 6.92 Å². The molecule has 0 fully saturated rings. The predicted molar refractivity (Wildman–Crippen MR) is 46.7 cm³/mol. The number of aryl methyl sites for hydroxylation is 1. The molecule has 0 amide bonds. The highest BCUT2D eigenvalue weighted by Crippen LogP contribution is 2.13. The molecule has 0 aliphatic heterocycles. The number of hydrogen-bond acceptors (Lipinski definition) is 3. The van der Waals surface area contributed by atoms with E-state index in [1.54, 1.807) is 6.20 Å². The van der Waals surface area contributed by atoms with E-state index in [-0.39, 0.29) is 0 Å². The molecule has 0 bridgehead atoms. The molecule has 0 saturated carbocycles. The van der Waals surface area contributed by atoms with Gasteiger partial charge in [-0.05, 0) is 15.9 Å². The van der Waals surface area contributed by atoms with E-state index in [0.29, 0.717) is 0 Å². The van der Waals surface area contributed by atoms with Crippen molar-refractivity contribution in [3.8, 4) is 0 Å². The Morgan fingerprint density at radius 3 is 3.25 bits per heavy atom. The minimum atomic E-state index is 0.766. The van der Waals surface area contributed by atoms with E-state index >= 15 is 0 Å². The number of rotatable bonds is 1. The van der Waals surface area contributed by atoms with Crippen LogP contribution in [0.3, 0.4) is 0 Å². The summed E-state index contributed by atoms with van der Waals surface area (Å²) in [5.74, 6) is 0.781. The summed E-state index contributed by atoms with van der Waals surface area (Å²) in [5.41, 5.74) is 0.766. The van der Waals surface area contributed by atoms with Crippen LogP contribution in [0.15, 0.2) is 10.7 Å². The molecule has 2 heterocycles. The van der Waals surface area contributed by atoms with Crippen LogP contribution in [0.2, 0.25) is 0 Å². The van der Waals surface area contributed by atoms with Crippen LogP contribution in [0, 0.1) is 6.33 Å². The third kappa shape index (κ3) is 1.10. The van der Waals surface area contributed by atoms with Gasteiger partial charge in [-0.25, -0.2) is 9.97 Å². The fourth-order valence-electron chi connectivity index (χ4n) is 0.906. The highest BCUT2D eigenvalue weighted by atomic mass is 79.9. The van der Waals surface area contributed by atoms with Gasteiger partial charge in [0.15, 0.2) is 5.65 Å². The highest BCUT2D eigenvalue weighted by molar-refractivity contribution is 9.10. The molecule has 61 valence electrons. The maximum absolute atomic E-state index is 4.26. The van der Waals surface area contributed by atoms with Crippen LogP contribution in [0.1, 0.15) is 12.7 Å². The van der Waals surface area contributed by atoms with Gasteiger partial charge in [0, 0.05) is 6.42 Å². The van der Waals surface area contributed by atoms with Crippen molar-refractivity contribution in [3.05, 3.63) is 22.8 Å². The van der Waals surface area contributed by atoms with Crippen molar-refractivity contribution >= 4 is 21.6 Å². The molecule has 5 heteroatoms. The predicted octanol–water partition coefficient (Wildman–Crippen LogP) is 1.25. The second kappa shape index (κ2) is 2.82. The first kappa shape index (κ1) is 7.67. The Bertz CT molecular complexity index is 409. The van der Waals surface area contributed by atoms with E-state index in [0.717, 1.165) is 22.4 Å². The zero-order valence-corrected chi connectivity index (χ0v) is 8.04. The monoisotopic (exact) mass is 225 g/mol. The van der Waals surface area contributed by atoms with Crippen LogP contribution in [-0.4, -0.2) is 19.6 Å². The Balaban J connectivity index is 2.71. The second-order valence-electron chi connectivity index (χ2n) is 2.32. The van der Waals surface area contributed by atoms with Crippen LogP contribution in [-0.2, 0) is 6.42 Å². The molecule has 0 atom stereocenters. The third-order valence-electron chi connectivity index (χ3n) is 1.53. The van der Waals surface area contributed by atoms with Crippen molar-refractivity contribution in [1.82, 2.24) is 19.6 Å². The molecule has 2 rings (SSSR count). The molecule has 0 spiro atoms. The summed E-state index contributed by atoms with van der Waals surface area (Å²) in [6.07, 6.45) is 5.24. The number of hydrogen-bond donors (Lipinski definition) is 0. The van der Waals surface area contributed by atoms with Crippen molar-refractivity contribution in [3.63, 3.8) is 0 Å². The van der Waals surface area contributed by atoms with Gasteiger partial charge in [0.05, 0.1) is 10.7 Å². The first-order valence-corrected chi connectivity index (χ1v) is 4.38. The molecule has 12 heavy (non-hydrogen) atoms. The van der Waals surface area contributed by atoms with Crippen molar-refractivity contribution in [2.75, 3.05) is 0 Å². The van der Waals surface area contributed by atoms with E-state index in [9.17, 15) is 0 Å². The number of aromatic nitrogens is 4. The summed E-state index contributed by atoms with van der Waals surface area (Å²) >= 11 is 3.34. The third-order valence-corrected chi connectivity index (χ3v) is 2.09. The highest BCUT2D eigenvalue weighted by Gasteiger charge is 2.03. The molecule has 0 aromatic carbocycles. The molecule has 0 aliphatic rings. The van der Waals surface area contributed by atoms with Crippen LogP contribution in [0.4, 0.5) is 0 Å². The topological polar surface area (TPSA) is 43.1 Å². The van der Waals surface area contributed by atoms with Crippen LogP contribution < -0.4 is 0 Å². The fraction of sp³-hybridized carbons (Fsp3) is 0.286. The number of fused-ring (bicyclic) bond motifs is 1. The number of nitrogens with zero attached hydrogens (tertiary/aromatic N) is 4. The van der Waals surface area contributed by atoms with Crippen LogP contribution in [0.25, 0.3) is 5.65 Å². The summed E-state index contributed by atoms with van der Waals surface area (Å²) in [4.78, 5) is 8.25. The summed E-state index contributed by atoms with van der Waals surface area (Å²) in [6.45, 7) is 2.00. The lowest BCUT2D eigenvalue weighted by Crippen LogP contribution is -1.98. The Morgan fingerprint density at radius 2 is 2.50 bits per heavy atom. The van der Waals surface area contributed by atoms with Gasteiger partial charge in [0.1, 0.15) is 5.82 Å². The van der Waals surface area contributed by atoms with Crippen molar-refractivity contribution in [2.45, 2.75) is 13.3 Å². The maximum Gasteiger partial charge on any atom is 0.202 e. The van der Waals surface area contributed by atoms with Gasteiger partial charge in [0.25, 0.3) is 0 Å². The largest absolute Gasteiger partial charge is 0.212 e. The van der Waals surface area contributed by atoms with E-state index in [1.165, 1.54) is 4.52 Å². The van der Waals surface area contributed by atoms with E-state index in [4.69, 9.17) is 0 Å². The molecular weight excluding hydrogens is 220 g/mol. The van der Waals surface area contributed by atoms with Crippen molar-refractivity contribution < 1.29 is 0 Å². The molecule has 0 N–H and O–H groups in total.